The van der Waals surface area contributed by atoms with E-state index >= 15 is 0 Å². The highest BCUT2D eigenvalue weighted by Gasteiger charge is 2.19. The molecule has 9 heteroatoms. The molecule has 31 heavy (non-hydrogen) atoms. The molecule has 0 aliphatic heterocycles. The zero-order valence-corrected chi connectivity index (χ0v) is 16.3. The summed E-state index contributed by atoms with van der Waals surface area (Å²) >= 11 is 0. The van der Waals surface area contributed by atoms with Crippen LogP contribution >= 0.6 is 0 Å². The van der Waals surface area contributed by atoms with Gasteiger partial charge in [0.25, 0.3) is 5.91 Å². The van der Waals surface area contributed by atoms with Crippen molar-refractivity contribution < 1.29 is 23.3 Å². The number of nitro benzene ring substituents is 1. The van der Waals surface area contributed by atoms with Gasteiger partial charge in [-0.3, -0.25) is 14.9 Å². The van der Waals surface area contributed by atoms with E-state index in [0.29, 0.717) is 22.4 Å². The van der Waals surface area contributed by atoms with Gasteiger partial charge in [-0.2, -0.15) is 0 Å². The number of oxazole rings is 1. The lowest BCUT2D eigenvalue weighted by atomic mass is 10.1. The van der Waals surface area contributed by atoms with E-state index in [1.165, 1.54) is 24.3 Å². The number of nitro groups is 1. The number of anilines is 1. The number of hydrogen-bond acceptors (Lipinski definition) is 6. The molecule has 1 amide bonds. The molecule has 156 valence electrons. The summed E-state index contributed by atoms with van der Waals surface area (Å²) in [6, 6.07) is 14.7. The molecule has 0 saturated heterocycles. The molecule has 0 aliphatic carbocycles. The van der Waals surface area contributed by atoms with Gasteiger partial charge in [0, 0.05) is 22.9 Å². The van der Waals surface area contributed by atoms with E-state index in [-0.39, 0.29) is 29.5 Å². The van der Waals surface area contributed by atoms with Gasteiger partial charge in [-0.1, -0.05) is 6.07 Å². The standard InChI is InChI=1S/C22H16FN3O5/c1-2-30-20-8-6-13(11-18(20)26(28)29)21(27)24-16-7-9-19-17(12-16)25-22(31-19)14-4-3-5-15(23)10-14/h3-12H,2H2,1H3,(H,24,27). The Morgan fingerprint density at radius 2 is 2.03 bits per heavy atom. The van der Waals surface area contributed by atoms with Crippen molar-refractivity contribution in [1.29, 1.82) is 0 Å². The highest BCUT2D eigenvalue weighted by Crippen LogP contribution is 2.29. The predicted molar refractivity (Wildman–Crippen MR) is 112 cm³/mol. The second kappa shape index (κ2) is 8.23. The van der Waals surface area contributed by atoms with Crippen LogP contribution in [-0.2, 0) is 0 Å². The normalized spacial score (nSPS) is 10.8. The van der Waals surface area contributed by atoms with E-state index in [0.717, 1.165) is 6.07 Å². The van der Waals surface area contributed by atoms with Crippen LogP contribution in [0.25, 0.3) is 22.6 Å². The van der Waals surface area contributed by atoms with E-state index in [2.05, 4.69) is 10.3 Å². The Labute approximate surface area is 175 Å². The Morgan fingerprint density at radius 3 is 2.77 bits per heavy atom. The molecule has 0 unspecified atom stereocenters. The Morgan fingerprint density at radius 1 is 1.19 bits per heavy atom. The summed E-state index contributed by atoms with van der Waals surface area (Å²) < 4.78 is 24.3. The summed E-state index contributed by atoms with van der Waals surface area (Å²) in [6.45, 7) is 1.98. The largest absolute Gasteiger partial charge is 0.487 e. The SMILES string of the molecule is CCOc1ccc(C(=O)Nc2ccc3oc(-c4cccc(F)c4)nc3c2)cc1[N+](=O)[O-]. The molecule has 0 bridgehead atoms. The van der Waals surface area contributed by atoms with Gasteiger partial charge in [0.1, 0.15) is 11.3 Å². The van der Waals surface area contributed by atoms with Crippen molar-refractivity contribution in [1.82, 2.24) is 4.98 Å². The van der Waals surface area contributed by atoms with Crippen molar-refractivity contribution in [3.05, 3.63) is 82.2 Å². The zero-order valence-electron chi connectivity index (χ0n) is 16.3. The fourth-order valence-corrected chi connectivity index (χ4v) is 3.03. The van der Waals surface area contributed by atoms with Gasteiger partial charge in [0.05, 0.1) is 11.5 Å². The van der Waals surface area contributed by atoms with E-state index in [4.69, 9.17) is 9.15 Å². The third-order valence-electron chi connectivity index (χ3n) is 4.43. The van der Waals surface area contributed by atoms with Gasteiger partial charge in [0.15, 0.2) is 11.3 Å². The number of carbonyl (C=O) groups excluding carboxylic acids is 1. The minimum absolute atomic E-state index is 0.0953. The molecular formula is C22H16FN3O5. The van der Waals surface area contributed by atoms with Crippen molar-refractivity contribution in [3.63, 3.8) is 0 Å². The van der Waals surface area contributed by atoms with Crippen LogP contribution in [0.5, 0.6) is 5.75 Å². The first-order chi connectivity index (χ1) is 14.9. The lowest BCUT2D eigenvalue weighted by Gasteiger charge is -2.07. The highest BCUT2D eigenvalue weighted by molar-refractivity contribution is 6.05. The van der Waals surface area contributed by atoms with Gasteiger partial charge in [-0.15, -0.1) is 0 Å². The van der Waals surface area contributed by atoms with Gasteiger partial charge in [-0.05, 0) is 55.5 Å². The molecule has 1 aromatic heterocycles. The highest BCUT2D eigenvalue weighted by atomic mass is 19.1. The quantitative estimate of drug-likeness (QED) is 0.339. The topological polar surface area (TPSA) is 108 Å². The maximum absolute atomic E-state index is 13.5. The van der Waals surface area contributed by atoms with Crippen molar-refractivity contribution >= 4 is 28.4 Å². The van der Waals surface area contributed by atoms with Crippen LogP contribution in [0, 0.1) is 15.9 Å². The van der Waals surface area contributed by atoms with Gasteiger partial charge < -0.3 is 14.5 Å². The first-order valence-corrected chi connectivity index (χ1v) is 9.33. The smallest absolute Gasteiger partial charge is 0.311 e. The minimum Gasteiger partial charge on any atom is -0.487 e. The third-order valence-corrected chi connectivity index (χ3v) is 4.43. The number of hydrogen-bond donors (Lipinski definition) is 1. The molecule has 4 rings (SSSR count). The number of nitrogens with zero attached hydrogens (tertiary/aromatic N) is 2. The molecule has 0 spiro atoms. The Bertz CT molecular complexity index is 1300. The predicted octanol–water partition coefficient (Wildman–Crippen LogP) is 5.19. The summed E-state index contributed by atoms with van der Waals surface area (Å²) in [7, 11) is 0. The summed E-state index contributed by atoms with van der Waals surface area (Å²) in [6.07, 6.45) is 0. The average Bonchev–Trinajstić information content (AvgIpc) is 3.17. The van der Waals surface area contributed by atoms with Crippen LogP contribution in [0.4, 0.5) is 15.8 Å². The third kappa shape index (κ3) is 4.20. The maximum Gasteiger partial charge on any atom is 0.311 e. The molecule has 0 fully saturated rings. The second-order valence-electron chi connectivity index (χ2n) is 6.54. The monoisotopic (exact) mass is 421 g/mol. The number of benzene rings is 3. The number of ether oxygens (including phenoxy) is 1. The first-order valence-electron chi connectivity index (χ1n) is 9.33. The van der Waals surface area contributed by atoms with Crippen LogP contribution in [-0.4, -0.2) is 22.4 Å². The van der Waals surface area contributed by atoms with E-state index in [9.17, 15) is 19.3 Å². The van der Waals surface area contributed by atoms with E-state index in [1.807, 2.05) is 0 Å². The summed E-state index contributed by atoms with van der Waals surface area (Å²) in [5.41, 5.74) is 1.66. The lowest BCUT2D eigenvalue weighted by Crippen LogP contribution is -2.12. The zero-order chi connectivity index (χ0) is 22.0. The van der Waals surface area contributed by atoms with Crippen LogP contribution in [0.3, 0.4) is 0 Å². The molecule has 1 heterocycles. The summed E-state index contributed by atoms with van der Waals surface area (Å²) in [4.78, 5) is 27.6. The van der Waals surface area contributed by atoms with Crippen LogP contribution in [0.15, 0.2) is 65.1 Å². The van der Waals surface area contributed by atoms with E-state index in [1.54, 1.807) is 37.3 Å². The summed E-state index contributed by atoms with van der Waals surface area (Å²) in [5, 5.41) is 14.0. The van der Waals surface area contributed by atoms with Crippen molar-refractivity contribution in [2.45, 2.75) is 6.92 Å². The van der Waals surface area contributed by atoms with Gasteiger partial charge >= 0.3 is 5.69 Å². The van der Waals surface area contributed by atoms with Crippen molar-refractivity contribution in [2.24, 2.45) is 0 Å². The molecule has 0 radical (unpaired) electrons. The molecule has 4 aromatic rings. The number of carbonyl (C=O) groups is 1. The van der Waals surface area contributed by atoms with Crippen LogP contribution in [0.2, 0.25) is 0 Å². The molecular weight excluding hydrogens is 405 g/mol. The Kier molecular flexibility index (Phi) is 5.31. The number of amides is 1. The number of nitrogens with one attached hydrogen (secondary N) is 1. The van der Waals surface area contributed by atoms with Crippen LogP contribution < -0.4 is 10.1 Å². The number of rotatable bonds is 6. The number of fused-ring (bicyclic) bond motifs is 1. The molecule has 0 saturated carbocycles. The lowest BCUT2D eigenvalue weighted by molar-refractivity contribution is -0.385. The Balaban J connectivity index is 1.59. The molecule has 3 aromatic carbocycles. The first kappa shape index (κ1) is 20.0. The molecule has 8 nitrogen and oxygen atoms in total. The molecule has 1 N–H and O–H groups in total. The number of halogens is 1. The van der Waals surface area contributed by atoms with Gasteiger partial charge in [0.2, 0.25) is 5.89 Å². The maximum atomic E-state index is 13.5. The minimum atomic E-state index is -0.600. The van der Waals surface area contributed by atoms with Crippen LogP contribution in [0.1, 0.15) is 17.3 Å². The van der Waals surface area contributed by atoms with E-state index < -0.39 is 16.6 Å². The summed E-state index contributed by atoms with van der Waals surface area (Å²) in [5.74, 6) is -0.588. The van der Waals surface area contributed by atoms with Gasteiger partial charge in [-0.25, -0.2) is 9.37 Å². The Hall–Kier alpha value is -4.27. The van der Waals surface area contributed by atoms with Crippen molar-refractivity contribution in [3.8, 4) is 17.2 Å². The second-order valence-corrected chi connectivity index (χ2v) is 6.54. The number of aromatic nitrogens is 1. The fraction of sp³-hybridized carbons (Fsp3) is 0.0909. The average molecular weight is 421 g/mol. The fourth-order valence-electron chi connectivity index (χ4n) is 3.03. The molecule has 0 aliphatic rings. The van der Waals surface area contributed by atoms with Crippen molar-refractivity contribution in [2.75, 3.05) is 11.9 Å². The molecule has 0 atom stereocenters.